The number of ether oxygens (including phenoxy) is 2. The van der Waals surface area contributed by atoms with Gasteiger partial charge in [-0.05, 0) is 43.5 Å². The van der Waals surface area contributed by atoms with Gasteiger partial charge in [0.1, 0.15) is 0 Å². The van der Waals surface area contributed by atoms with Gasteiger partial charge in [0.2, 0.25) is 0 Å². The molecule has 0 radical (unpaired) electrons. The normalized spacial score (nSPS) is 17.4. The van der Waals surface area contributed by atoms with Gasteiger partial charge in [-0.3, -0.25) is 0 Å². The smallest absolute Gasteiger partial charge is 0.161 e. The molecule has 134 valence electrons. The van der Waals surface area contributed by atoms with Gasteiger partial charge in [0.15, 0.2) is 11.5 Å². The predicted molar refractivity (Wildman–Crippen MR) is 99.2 cm³/mol. The van der Waals surface area contributed by atoms with Crippen molar-refractivity contribution in [3.63, 3.8) is 0 Å². The van der Waals surface area contributed by atoms with Gasteiger partial charge in [0.05, 0.1) is 19.3 Å². The molecule has 0 spiro atoms. The van der Waals surface area contributed by atoms with Crippen LogP contribution in [0.3, 0.4) is 0 Å². The van der Waals surface area contributed by atoms with Crippen LogP contribution in [0.4, 0.5) is 0 Å². The summed E-state index contributed by atoms with van der Waals surface area (Å²) >= 11 is 0. The number of aliphatic hydroxyl groups excluding tert-OH is 1. The third-order valence-electron chi connectivity index (χ3n) is 4.65. The van der Waals surface area contributed by atoms with Crippen LogP contribution >= 0.6 is 0 Å². The highest BCUT2D eigenvalue weighted by molar-refractivity contribution is 5.44. The van der Waals surface area contributed by atoms with Crippen molar-refractivity contribution in [2.24, 2.45) is 0 Å². The standard InChI is InChI=1S/C21H27NO3/c1-15(18-9-10-20-21(14-18)25-12-6-11-24-20)22-16(2)19(23)13-17-7-4-3-5-8-17/h3-5,7-10,14-16,19,22-23H,6,11-13H2,1-2H3. The summed E-state index contributed by atoms with van der Waals surface area (Å²) in [5.74, 6) is 1.62. The van der Waals surface area contributed by atoms with Crippen molar-refractivity contribution in [1.29, 1.82) is 0 Å². The molecule has 0 fully saturated rings. The zero-order valence-electron chi connectivity index (χ0n) is 14.9. The van der Waals surface area contributed by atoms with Crippen molar-refractivity contribution in [3.8, 4) is 11.5 Å². The molecule has 3 atom stereocenters. The second-order valence-corrected chi connectivity index (χ2v) is 6.69. The first kappa shape index (κ1) is 17.8. The molecular formula is C21H27NO3. The summed E-state index contributed by atoms with van der Waals surface area (Å²) in [6, 6.07) is 16.2. The van der Waals surface area contributed by atoms with Crippen LogP contribution in [0.5, 0.6) is 11.5 Å². The Morgan fingerprint density at radius 2 is 1.72 bits per heavy atom. The second kappa shape index (κ2) is 8.37. The maximum atomic E-state index is 10.5. The van der Waals surface area contributed by atoms with Gasteiger partial charge >= 0.3 is 0 Å². The second-order valence-electron chi connectivity index (χ2n) is 6.69. The van der Waals surface area contributed by atoms with Gasteiger partial charge in [-0.15, -0.1) is 0 Å². The van der Waals surface area contributed by atoms with Crippen LogP contribution < -0.4 is 14.8 Å². The molecule has 0 saturated carbocycles. The molecular weight excluding hydrogens is 314 g/mol. The minimum absolute atomic E-state index is 0.0221. The molecule has 4 heteroatoms. The van der Waals surface area contributed by atoms with E-state index >= 15 is 0 Å². The van der Waals surface area contributed by atoms with E-state index in [2.05, 4.69) is 18.3 Å². The van der Waals surface area contributed by atoms with Gasteiger partial charge in [-0.2, -0.15) is 0 Å². The van der Waals surface area contributed by atoms with Gasteiger partial charge in [-0.1, -0.05) is 36.4 Å². The summed E-state index contributed by atoms with van der Waals surface area (Å²) < 4.78 is 11.5. The van der Waals surface area contributed by atoms with E-state index in [9.17, 15) is 5.11 Å². The number of rotatable bonds is 6. The van der Waals surface area contributed by atoms with Crippen LogP contribution in [-0.2, 0) is 6.42 Å². The number of nitrogens with one attached hydrogen (secondary N) is 1. The van der Waals surface area contributed by atoms with Crippen LogP contribution in [0, 0.1) is 0 Å². The molecule has 0 bridgehead atoms. The SMILES string of the molecule is CC(NC(C)C(O)Cc1ccccc1)c1ccc2c(c1)OCCCO2. The molecule has 1 aliphatic rings. The van der Waals surface area contributed by atoms with E-state index in [1.165, 1.54) is 0 Å². The molecule has 0 aromatic heterocycles. The molecule has 2 N–H and O–H groups in total. The summed E-state index contributed by atoms with van der Waals surface area (Å²) in [6.07, 6.45) is 1.11. The Morgan fingerprint density at radius 3 is 2.48 bits per heavy atom. The van der Waals surface area contributed by atoms with Crippen LogP contribution in [0.25, 0.3) is 0 Å². The van der Waals surface area contributed by atoms with E-state index in [0.29, 0.717) is 19.6 Å². The largest absolute Gasteiger partial charge is 0.490 e. The van der Waals surface area contributed by atoms with Crippen molar-refractivity contribution < 1.29 is 14.6 Å². The number of hydrogen-bond donors (Lipinski definition) is 2. The Bertz CT molecular complexity index is 674. The first-order valence-electron chi connectivity index (χ1n) is 9.01. The Hall–Kier alpha value is -2.04. The van der Waals surface area contributed by atoms with Crippen molar-refractivity contribution in [2.75, 3.05) is 13.2 Å². The number of fused-ring (bicyclic) bond motifs is 1. The molecule has 1 aliphatic heterocycles. The summed E-state index contributed by atoms with van der Waals surface area (Å²) in [5, 5.41) is 14.0. The lowest BCUT2D eigenvalue weighted by Gasteiger charge is -2.25. The molecule has 3 unspecified atom stereocenters. The fraction of sp³-hybridized carbons (Fsp3) is 0.429. The lowest BCUT2D eigenvalue weighted by Crippen LogP contribution is -2.39. The molecule has 1 heterocycles. The average molecular weight is 341 g/mol. The van der Waals surface area contributed by atoms with Gasteiger partial charge < -0.3 is 19.9 Å². The minimum Gasteiger partial charge on any atom is -0.490 e. The lowest BCUT2D eigenvalue weighted by molar-refractivity contribution is 0.129. The van der Waals surface area contributed by atoms with Crippen LogP contribution in [-0.4, -0.2) is 30.5 Å². The monoisotopic (exact) mass is 341 g/mol. The van der Waals surface area contributed by atoms with E-state index in [0.717, 1.165) is 29.0 Å². The molecule has 0 amide bonds. The molecule has 0 saturated heterocycles. The van der Waals surface area contributed by atoms with Gasteiger partial charge in [0.25, 0.3) is 0 Å². The number of aliphatic hydroxyl groups is 1. The Kier molecular flexibility index (Phi) is 5.95. The van der Waals surface area contributed by atoms with E-state index in [1.807, 2.05) is 49.4 Å². The first-order chi connectivity index (χ1) is 12.1. The van der Waals surface area contributed by atoms with Gasteiger partial charge in [0, 0.05) is 18.5 Å². The van der Waals surface area contributed by atoms with Crippen molar-refractivity contribution in [3.05, 3.63) is 59.7 Å². The fourth-order valence-electron chi connectivity index (χ4n) is 3.08. The Morgan fingerprint density at radius 1 is 1.00 bits per heavy atom. The molecule has 3 rings (SSSR count). The molecule has 2 aromatic carbocycles. The average Bonchev–Trinajstić information content (AvgIpc) is 2.87. The number of benzene rings is 2. The summed E-state index contributed by atoms with van der Waals surface area (Å²) in [7, 11) is 0. The number of hydrogen-bond acceptors (Lipinski definition) is 4. The zero-order chi connectivity index (χ0) is 17.6. The molecule has 25 heavy (non-hydrogen) atoms. The minimum atomic E-state index is -0.440. The highest BCUT2D eigenvalue weighted by atomic mass is 16.5. The summed E-state index contributed by atoms with van der Waals surface area (Å²) in [5.41, 5.74) is 2.27. The molecule has 4 nitrogen and oxygen atoms in total. The van der Waals surface area contributed by atoms with E-state index < -0.39 is 6.10 Å². The quantitative estimate of drug-likeness (QED) is 0.844. The first-order valence-corrected chi connectivity index (χ1v) is 9.01. The van der Waals surface area contributed by atoms with Crippen molar-refractivity contribution in [2.45, 2.75) is 44.9 Å². The topological polar surface area (TPSA) is 50.7 Å². The maximum Gasteiger partial charge on any atom is 0.161 e. The lowest BCUT2D eigenvalue weighted by atomic mass is 10.0. The van der Waals surface area contributed by atoms with Crippen LogP contribution in [0.2, 0.25) is 0 Å². The highest BCUT2D eigenvalue weighted by Crippen LogP contribution is 2.32. The summed E-state index contributed by atoms with van der Waals surface area (Å²) in [4.78, 5) is 0. The van der Waals surface area contributed by atoms with E-state index in [1.54, 1.807) is 0 Å². The predicted octanol–water partition coefficient (Wildman–Crippen LogP) is 3.49. The van der Waals surface area contributed by atoms with Gasteiger partial charge in [-0.25, -0.2) is 0 Å². The van der Waals surface area contributed by atoms with Crippen LogP contribution in [0.15, 0.2) is 48.5 Å². The Labute approximate surface area is 149 Å². The highest BCUT2D eigenvalue weighted by Gasteiger charge is 2.19. The summed E-state index contributed by atoms with van der Waals surface area (Å²) in [6.45, 7) is 5.51. The fourth-order valence-corrected chi connectivity index (χ4v) is 3.08. The van der Waals surface area contributed by atoms with E-state index in [4.69, 9.17) is 9.47 Å². The third kappa shape index (κ3) is 4.74. The van der Waals surface area contributed by atoms with Crippen LogP contribution in [0.1, 0.15) is 37.4 Å². The van der Waals surface area contributed by atoms with Crippen molar-refractivity contribution in [1.82, 2.24) is 5.32 Å². The van der Waals surface area contributed by atoms with Crippen molar-refractivity contribution >= 4 is 0 Å². The maximum absolute atomic E-state index is 10.5. The van der Waals surface area contributed by atoms with E-state index in [-0.39, 0.29) is 12.1 Å². The third-order valence-corrected chi connectivity index (χ3v) is 4.65. The Balaban J connectivity index is 1.61. The molecule has 2 aromatic rings. The molecule has 0 aliphatic carbocycles. The zero-order valence-corrected chi connectivity index (χ0v) is 14.9.